The van der Waals surface area contributed by atoms with Crippen LogP contribution >= 0.6 is 11.3 Å². The van der Waals surface area contributed by atoms with Gasteiger partial charge in [0.15, 0.2) is 5.13 Å². The third-order valence-electron chi connectivity index (χ3n) is 5.69. The Labute approximate surface area is 186 Å². The van der Waals surface area contributed by atoms with E-state index in [1.165, 1.54) is 30.6 Å². The number of aromatic nitrogens is 1. The molecule has 0 radical (unpaired) electrons. The molecule has 0 bridgehead atoms. The third-order valence-corrected chi connectivity index (χ3v) is 6.50. The second-order valence-corrected chi connectivity index (χ2v) is 9.16. The minimum absolute atomic E-state index is 0.00449. The van der Waals surface area contributed by atoms with Gasteiger partial charge in [0, 0.05) is 23.0 Å². The zero-order valence-corrected chi connectivity index (χ0v) is 18.3. The van der Waals surface area contributed by atoms with E-state index in [-0.39, 0.29) is 42.8 Å². The van der Waals surface area contributed by atoms with Crippen LogP contribution in [0.2, 0.25) is 0 Å². The summed E-state index contributed by atoms with van der Waals surface area (Å²) in [6.07, 6.45) is 7.73. The Morgan fingerprint density at radius 1 is 1.00 bits per heavy atom. The van der Waals surface area contributed by atoms with Crippen LogP contribution in [-0.2, 0) is 16.0 Å². The van der Waals surface area contributed by atoms with Crippen molar-refractivity contribution in [2.24, 2.45) is 0 Å². The molecular weight excluding hydrogens is 412 g/mol. The molecule has 4 rings (SSSR count). The summed E-state index contributed by atoms with van der Waals surface area (Å²) in [7, 11) is 0. The van der Waals surface area contributed by atoms with E-state index in [1.807, 2.05) is 18.2 Å². The van der Waals surface area contributed by atoms with Crippen LogP contribution in [0.25, 0.3) is 0 Å². The Morgan fingerprint density at radius 2 is 1.74 bits per heavy atom. The molecule has 2 N–H and O–H groups in total. The van der Waals surface area contributed by atoms with Gasteiger partial charge in [0.25, 0.3) is 5.91 Å². The highest BCUT2D eigenvalue weighted by molar-refractivity contribution is 7.13. The van der Waals surface area contributed by atoms with Crippen molar-refractivity contribution in [3.63, 3.8) is 0 Å². The van der Waals surface area contributed by atoms with E-state index in [0.717, 1.165) is 25.7 Å². The van der Waals surface area contributed by atoms with Crippen LogP contribution in [0, 0.1) is 0 Å². The number of nitrogens with zero attached hydrogens (tertiary/aromatic N) is 2. The van der Waals surface area contributed by atoms with Gasteiger partial charge in [0.2, 0.25) is 11.8 Å². The van der Waals surface area contributed by atoms with Crippen molar-refractivity contribution in [1.29, 1.82) is 0 Å². The highest BCUT2D eigenvalue weighted by Crippen LogP contribution is 2.28. The second-order valence-electron chi connectivity index (χ2n) is 8.30. The average molecular weight is 441 g/mol. The lowest BCUT2D eigenvalue weighted by Crippen LogP contribution is -2.39. The van der Waals surface area contributed by atoms with Crippen LogP contribution in [-0.4, -0.2) is 46.2 Å². The van der Waals surface area contributed by atoms with Crippen LogP contribution < -0.4 is 10.6 Å². The van der Waals surface area contributed by atoms with Gasteiger partial charge in [0.1, 0.15) is 6.54 Å². The molecule has 3 amide bonds. The lowest BCUT2D eigenvalue weighted by atomic mass is 9.95. The number of benzene rings is 1. The van der Waals surface area contributed by atoms with Gasteiger partial charge >= 0.3 is 0 Å². The fourth-order valence-corrected chi connectivity index (χ4v) is 4.68. The van der Waals surface area contributed by atoms with Crippen LogP contribution in [0.4, 0.5) is 5.13 Å². The highest BCUT2D eigenvalue weighted by Gasteiger charge is 2.34. The van der Waals surface area contributed by atoms with Gasteiger partial charge in [-0.3, -0.25) is 14.4 Å². The SMILES string of the molecule is O=C(CN(C(=O)c1ccccc1)C1CC1)Nc1nc(CC(=O)NC2CCCCC2)cs1. The summed E-state index contributed by atoms with van der Waals surface area (Å²) in [6.45, 7) is -0.00449. The largest absolute Gasteiger partial charge is 0.353 e. The molecule has 0 unspecified atom stereocenters. The normalized spacial score (nSPS) is 16.5. The molecule has 1 aromatic carbocycles. The Morgan fingerprint density at radius 3 is 2.45 bits per heavy atom. The Bertz CT molecular complexity index is 920. The number of carbonyl (C=O) groups is 3. The molecule has 2 saturated carbocycles. The Hall–Kier alpha value is -2.74. The minimum atomic E-state index is -0.274. The lowest BCUT2D eigenvalue weighted by molar-refractivity contribution is -0.121. The summed E-state index contributed by atoms with van der Waals surface area (Å²) in [5.41, 5.74) is 1.23. The zero-order valence-electron chi connectivity index (χ0n) is 17.5. The average Bonchev–Trinajstić information content (AvgIpc) is 3.53. The molecular formula is C23H28N4O3S. The van der Waals surface area contributed by atoms with Gasteiger partial charge in [-0.05, 0) is 37.8 Å². The van der Waals surface area contributed by atoms with Gasteiger partial charge in [-0.25, -0.2) is 4.98 Å². The predicted molar refractivity (Wildman–Crippen MR) is 120 cm³/mol. The Balaban J connectivity index is 1.29. The van der Waals surface area contributed by atoms with Crippen molar-refractivity contribution in [1.82, 2.24) is 15.2 Å². The van der Waals surface area contributed by atoms with Crippen molar-refractivity contribution >= 4 is 34.2 Å². The quantitative estimate of drug-likeness (QED) is 0.658. The number of nitrogens with one attached hydrogen (secondary N) is 2. The number of thiazole rings is 1. The first kappa shape index (κ1) is 21.5. The standard InChI is InChI=1S/C23H28N4O3S/c28-20(24-17-9-5-2-6-10-17)13-18-15-31-23(25-18)26-21(29)14-27(19-11-12-19)22(30)16-7-3-1-4-8-16/h1,3-4,7-8,15,17,19H,2,5-6,9-14H2,(H,24,28)(H,25,26,29). The zero-order chi connectivity index (χ0) is 21.6. The monoisotopic (exact) mass is 440 g/mol. The molecule has 2 aromatic rings. The number of carbonyl (C=O) groups excluding carboxylic acids is 3. The minimum Gasteiger partial charge on any atom is -0.353 e. The molecule has 2 aliphatic rings. The smallest absolute Gasteiger partial charge is 0.254 e. The van der Waals surface area contributed by atoms with E-state index in [0.29, 0.717) is 16.4 Å². The number of hydrogen-bond acceptors (Lipinski definition) is 5. The van der Waals surface area contributed by atoms with E-state index >= 15 is 0 Å². The van der Waals surface area contributed by atoms with Crippen molar-refractivity contribution in [3.05, 3.63) is 47.0 Å². The molecule has 8 heteroatoms. The third kappa shape index (κ3) is 6.13. The molecule has 2 aliphatic carbocycles. The molecule has 164 valence electrons. The molecule has 0 atom stereocenters. The van der Waals surface area contributed by atoms with E-state index in [2.05, 4.69) is 15.6 Å². The summed E-state index contributed by atoms with van der Waals surface area (Å²) in [5, 5.41) is 8.11. The summed E-state index contributed by atoms with van der Waals surface area (Å²) in [6, 6.07) is 9.42. The van der Waals surface area contributed by atoms with E-state index < -0.39 is 0 Å². The van der Waals surface area contributed by atoms with Crippen LogP contribution in [0.5, 0.6) is 0 Å². The van der Waals surface area contributed by atoms with Crippen LogP contribution in [0.15, 0.2) is 35.7 Å². The maximum absolute atomic E-state index is 12.8. The summed E-state index contributed by atoms with van der Waals surface area (Å²) in [4.78, 5) is 43.6. The summed E-state index contributed by atoms with van der Waals surface area (Å²) < 4.78 is 0. The van der Waals surface area contributed by atoms with E-state index in [4.69, 9.17) is 0 Å². The molecule has 1 aromatic heterocycles. The molecule has 31 heavy (non-hydrogen) atoms. The maximum atomic E-state index is 12.8. The molecule has 0 spiro atoms. The predicted octanol–water partition coefficient (Wildman–Crippen LogP) is 3.38. The van der Waals surface area contributed by atoms with Crippen LogP contribution in [0.3, 0.4) is 0 Å². The number of rotatable bonds is 8. The molecule has 7 nitrogen and oxygen atoms in total. The van der Waals surface area contributed by atoms with Crippen LogP contribution in [0.1, 0.15) is 61.0 Å². The first-order chi connectivity index (χ1) is 15.1. The van der Waals surface area contributed by atoms with Gasteiger partial charge in [-0.2, -0.15) is 0 Å². The fraction of sp³-hybridized carbons (Fsp3) is 0.478. The van der Waals surface area contributed by atoms with Gasteiger partial charge in [-0.1, -0.05) is 37.5 Å². The second kappa shape index (κ2) is 10.0. The van der Waals surface area contributed by atoms with Crippen molar-refractivity contribution < 1.29 is 14.4 Å². The van der Waals surface area contributed by atoms with E-state index in [1.54, 1.807) is 22.4 Å². The topological polar surface area (TPSA) is 91.4 Å². The molecule has 0 saturated heterocycles. The number of hydrogen-bond donors (Lipinski definition) is 2. The van der Waals surface area contributed by atoms with Gasteiger partial charge in [0.05, 0.1) is 12.1 Å². The number of amides is 3. The van der Waals surface area contributed by atoms with E-state index in [9.17, 15) is 14.4 Å². The van der Waals surface area contributed by atoms with Crippen molar-refractivity contribution in [3.8, 4) is 0 Å². The lowest BCUT2D eigenvalue weighted by Gasteiger charge is -2.22. The fourth-order valence-electron chi connectivity index (χ4n) is 3.95. The Kier molecular flexibility index (Phi) is 6.96. The highest BCUT2D eigenvalue weighted by atomic mass is 32.1. The molecule has 1 heterocycles. The maximum Gasteiger partial charge on any atom is 0.254 e. The van der Waals surface area contributed by atoms with Crippen molar-refractivity contribution in [2.75, 3.05) is 11.9 Å². The van der Waals surface area contributed by atoms with Gasteiger partial charge < -0.3 is 15.5 Å². The first-order valence-electron chi connectivity index (χ1n) is 11.0. The number of anilines is 1. The first-order valence-corrected chi connectivity index (χ1v) is 11.9. The summed E-state index contributed by atoms with van der Waals surface area (Å²) >= 11 is 1.30. The van der Waals surface area contributed by atoms with Gasteiger partial charge in [-0.15, -0.1) is 11.3 Å². The molecule has 0 aliphatic heterocycles. The summed E-state index contributed by atoms with van der Waals surface area (Å²) in [5.74, 6) is -0.426. The van der Waals surface area contributed by atoms with Crippen molar-refractivity contribution in [2.45, 2.75) is 63.5 Å². The molecule has 2 fully saturated rings.